The van der Waals surface area contributed by atoms with Gasteiger partial charge in [-0.25, -0.2) is 0 Å². The number of hydrogen-bond acceptors (Lipinski definition) is 1. The summed E-state index contributed by atoms with van der Waals surface area (Å²) in [7, 11) is 0. The van der Waals surface area contributed by atoms with E-state index in [1.165, 1.54) is 11.1 Å². The number of carbonyl (C=O) groups excluding carboxylic acids is 1. The Kier molecular flexibility index (Phi) is 5.14. The van der Waals surface area contributed by atoms with Crippen molar-refractivity contribution in [3.05, 3.63) is 82.9 Å². The molecule has 0 unspecified atom stereocenters. The first kappa shape index (κ1) is 16.5. The van der Waals surface area contributed by atoms with E-state index in [1.807, 2.05) is 18.2 Å². The van der Waals surface area contributed by atoms with E-state index in [4.69, 9.17) is 0 Å². The summed E-state index contributed by atoms with van der Waals surface area (Å²) in [5.74, 6) is 0.514. The van der Waals surface area contributed by atoms with Gasteiger partial charge < -0.3 is 5.32 Å². The fraction of sp³-hybridized carbons (Fsp3) is 0.318. The van der Waals surface area contributed by atoms with Gasteiger partial charge in [-0.15, -0.1) is 0 Å². The van der Waals surface area contributed by atoms with E-state index < -0.39 is 0 Å². The number of aryl methyl sites for hydroxylation is 2. The zero-order valence-corrected chi connectivity index (χ0v) is 14.5. The van der Waals surface area contributed by atoms with Crippen molar-refractivity contribution in [1.29, 1.82) is 0 Å². The first-order valence-electron chi connectivity index (χ1n) is 8.71. The van der Waals surface area contributed by atoms with Crippen LogP contribution in [0.5, 0.6) is 0 Å². The zero-order valence-electron chi connectivity index (χ0n) is 14.5. The van der Waals surface area contributed by atoms with Crippen molar-refractivity contribution in [2.75, 3.05) is 0 Å². The highest BCUT2D eigenvalue weighted by Gasteiger charge is 2.20. The van der Waals surface area contributed by atoms with Gasteiger partial charge in [-0.2, -0.15) is 0 Å². The molecule has 24 heavy (non-hydrogen) atoms. The molecule has 0 bridgehead atoms. The lowest BCUT2D eigenvalue weighted by Crippen LogP contribution is -2.30. The highest BCUT2D eigenvalue weighted by atomic mass is 16.1. The molecule has 2 aromatic rings. The van der Waals surface area contributed by atoms with Crippen molar-refractivity contribution in [3.63, 3.8) is 0 Å². The van der Waals surface area contributed by atoms with Gasteiger partial charge in [0.25, 0.3) is 0 Å². The van der Waals surface area contributed by atoms with Gasteiger partial charge in [0.15, 0.2) is 0 Å². The Morgan fingerprint density at radius 1 is 1.08 bits per heavy atom. The standard InChI is InChI=1S/C22H25NO/c1-16-12-13-20(14-17(16)2)22(19-10-4-3-5-11-19)23-21(24)15-18-8-6-7-9-18/h3-6,8,10-14,18,22H,7,9,15H2,1-2H3,(H,23,24)/t18-,22-/m1/s1. The highest BCUT2D eigenvalue weighted by molar-refractivity contribution is 5.77. The molecule has 0 saturated heterocycles. The number of rotatable bonds is 5. The molecule has 0 fully saturated rings. The first-order chi connectivity index (χ1) is 11.6. The van der Waals surface area contributed by atoms with E-state index in [0.29, 0.717) is 12.3 Å². The summed E-state index contributed by atoms with van der Waals surface area (Å²) in [4.78, 5) is 12.6. The molecule has 1 aliphatic rings. The molecule has 124 valence electrons. The first-order valence-corrected chi connectivity index (χ1v) is 8.71. The summed E-state index contributed by atoms with van der Waals surface area (Å²) in [5, 5.41) is 3.25. The van der Waals surface area contributed by atoms with Crippen LogP contribution in [-0.2, 0) is 4.79 Å². The summed E-state index contributed by atoms with van der Waals surface area (Å²) in [6.07, 6.45) is 7.11. The molecule has 1 amide bonds. The summed E-state index contributed by atoms with van der Waals surface area (Å²) < 4.78 is 0. The van der Waals surface area contributed by atoms with E-state index in [-0.39, 0.29) is 11.9 Å². The number of nitrogens with one attached hydrogen (secondary N) is 1. The van der Waals surface area contributed by atoms with Crippen LogP contribution in [0.15, 0.2) is 60.7 Å². The Bertz CT molecular complexity index is 733. The molecule has 1 aliphatic carbocycles. The van der Waals surface area contributed by atoms with Crippen molar-refractivity contribution in [1.82, 2.24) is 5.32 Å². The molecule has 3 rings (SSSR count). The molecule has 2 heteroatoms. The molecule has 2 atom stereocenters. The Balaban J connectivity index is 1.83. The molecule has 2 aromatic carbocycles. The second kappa shape index (κ2) is 7.48. The van der Waals surface area contributed by atoms with Crippen LogP contribution in [0.1, 0.15) is 47.6 Å². The Morgan fingerprint density at radius 2 is 1.88 bits per heavy atom. The molecule has 2 nitrogen and oxygen atoms in total. The molecule has 0 aliphatic heterocycles. The largest absolute Gasteiger partial charge is 0.345 e. The van der Waals surface area contributed by atoms with Crippen LogP contribution >= 0.6 is 0 Å². The predicted octanol–water partition coefficient (Wildman–Crippen LogP) is 4.87. The van der Waals surface area contributed by atoms with Gasteiger partial charge in [-0.3, -0.25) is 4.79 Å². The lowest BCUT2D eigenvalue weighted by atomic mass is 9.95. The van der Waals surface area contributed by atoms with E-state index in [9.17, 15) is 4.79 Å². The molecule has 0 heterocycles. The topological polar surface area (TPSA) is 29.1 Å². The van der Waals surface area contributed by atoms with Crippen LogP contribution in [0, 0.1) is 19.8 Å². The summed E-state index contributed by atoms with van der Waals surface area (Å²) in [6, 6.07) is 16.6. The third kappa shape index (κ3) is 3.94. The second-order valence-electron chi connectivity index (χ2n) is 6.72. The van der Waals surface area contributed by atoms with Crippen LogP contribution < -0.4 is 5.32 Å². The van der Waals surface area contributed by atoms with Gasteiger partial charge in [-0.05, 0) is 54.9 Å². The van der Waals surface area contributed by atoms with Gasteiger partial charge in [0.1, 0.15) is 0 Å². The Hall–Kier alpha value is -2.35. The molecule has 0 saturated carbocycles. The molecule has 0 radical (unpaired) electrons. The van der Waals surface area contributed by atoms with E-state index >= 15 is 0 Å². The van der Waals surface area contributed by atoms with Crippen molar-refractivity contribution < 1.29 is 4.79 Å². The average Bonchev–Trinajstić information content (AvgIpc) is 3.09. The van der Waals surface area contributed by atoms with E-state index in [1.54, 1.807) is 0 Å². The van der Waals surface area contributed by atoms with E-state index in [0.717, 1.165) is 24.0 Å². The number of carbonyl (C=O) groups is 1. The lowest BCUT2D eigenvalue weighted by molar-refractivity contribution is -0.122. The van der Waals surface area contributed by atoms with Gasteiger partial charge in [-0.1, -0.05) is 60.7 Å². The van der Waals surface area contributed by atoms with Crippen LogP contribution in [0.2, 0.25) is 0 Å². The van der Waals surface area contributed by atoms with Gasteiger partial charge in [0.05, 0.1) is 6.04 Å². The molecule has 1 N–H and O–H groups in total. The molecular weight excluding hydrogens is 294 g/mol. The van der Waals surface area contributed by atoms with Crippen molar-refractivity contribution >= 4 is 5.91 Å². The lowest BCUT2D eigenvalue weighted by Gasteiger charge is -2.21. The number of amides is 1. The van der Waals surface area contributed by atoms with Crippen LogP contribution in [-0.4, -0.2) is 5.91 Å². The second-order valence-corrected chi connectivity index (χ2v) is 6.72. The van der Waals surface area contributed by atoms with Crippen molar-refractivity contribution in [2.45, 2.75) is 39.2 Å². The van der Waals surface area contributed by atoms with Crippen LogP contribution in [0.4, 0.5) is 0 Å². The van der Waals surface area contributed by atoms with Gasteiger partial charge in [0.2, 0.25) is 5.91 Å². The van der Waals surface area contributed by atoms with Gasteiger partial charge >= 0.3 is 0 Å². The summed E-state index contributed by atoms with van der Waals surface area (Å²) in [5.41, 5.74) is 4.78. The number of hydrogen-bond donors (Lipinski definition) is 1. The Labute approximate surface area is 144 Å². The number of allylic oxidation sites excluding steroid dienone is 2. The smallest absolute Gasteiger partial charge is 0.221 e. The fourth-order valence-electron chi connectivity index (χ4n) is 3.27. The fourth-order valence-corrected chi connectivity index (χ4v) is 3.27. The van der Waals surface area contributed by atoms with Crippen molar-refractivity contribution in [2.24, 2.45) is 5.92 Å². The SMILES string of the molecule is Cc1ccc([C@H](NC(=O)C[C@@H]2C=CCC2)c2ccccc2)cc1C. The minimum atomic E-state index is -0.0941. The minimum absolute atomic E-state index is 0.0941. The monoisotopic (exact) mass is 319 g/mol. The predicted molar refractivity (Wildman–Crippen MR) is 98.8 cm³/mol. The minimum Gasteiger partial charge on any atom is -0.345 e. The normalized spacial score (nSPS) is 17.7. The highest BCUT2D eigenvalue weighted by Crippen LogP contribution is 2.26. The molecular formula is C22H25NO. The molecule has 0 spiro atoms. The third-order valence-corrected chi connectivity index (χ3v) is 4.86. The van der Waals surface area contributed by atoms with Crippen LogP contribution in [0.3, 0.4) is 0 Å². The maximum atomic E-state index is 12.6. The maximum Gasteiger partial charge on any atom is 0.221 e. The zero-order chi connectivity index (χ0) is 16.9. The Morgan fingerprint density at radius 3 is 2.54 bits per heavy atom. The van der Waals surface area contributed by atoms with E-state index in [2.05, 4.69) is 61.6 Å². The average molecular weight is 319 g/mol. The van der Waals surface area contributed by atoms with Crippen molar-refractivity contribution in [3.8, 4) is 0 Å². The summed E-state index contributed by atoms with van der Waals surface area (Å²) in [6.45, 7) is 4.23. The quantitative estimate of drug-likeness (QED) is 0.783. The van der Waals surface area contributed by atoms with Gasteiger partial charge in [0, 0.05) is 6.42 Å². The summed E-state index contributed by atoms with van der Waals surface area (Å²) >= 11 is 0. The number of benzene rings is 2. The molecule has 0 aromatic heterocycles. The maximum absolute atomic E-state index is 12.6. The van der Waals surface area contributed by atoms with Crippen LogP contribution in [0.25, 0.3) is 0 Å². The third-order valence-electron chi connectivity index (χ3n) is 4.86.